The number of esters is 2. The summed E-state index contributed by atoms with van der Waals surface area (Å²) < 4.78 is 16.0. The van der Waals surface area contributed by atoms with Gasteiger partial charge in [0.15, 0.2) is 0 Å². The fourth-order valence-corrected chi connectivity index (χ4v) is 7.54. The summed E-state index contributed by atoms with van der Waals surface area (Å²) in [5.74, 6) is -1.50. The van der Waals surface area contributed by atoms with E-state index in [0.717, 1.165) is 31.4 Å². The van der Waals surface area contributed by atoms with E-state index in [0.29, 0.717) is 31.5 Å². The van der Waals surface area contributed by atoms with Gasteiger partial charge in [-0.05, 0) is 56.7 Å². The number of ether oxygens (including phenoxy) is 3. The summed E-state index contributed by atoms with van der Waals surface area (Å²) in [6.45, 7) is 1.65. The highest BCUT2D eigenvalue weighted by Crippen LogP contribution is 2.65. The van der Waals surface area contributed by atoms with Gasteiger partial charge in [0.25, 0.3) is 0 Å². The van der Waals surface area contributed by atoms with E-state index < -0.39 is 34.9 Å². The molecule has 1 saturated carbocycles. The van der Waals surface area contributed by atoms with Gasteiger partial charge in [0.05, 0.1) is 38.5 Å². The molecular weight excluding hydrogens is 412 g/mol. The van der Waals surface area contributed by atoms with Crippen LogP contribution in [0.1, 0.15) is 44.1 Å². The molecule has 2 bridgehead atoms. The Balaban J connectivity index is 1.85. The van der Waals surface area contributed by atoms with Crippen molar-refractivity contribution in [2.75, 3.05) is 39.3 Å². The SMILES string of the molecule is COC(=O)[C@H]1C[C@@]23CCCN2CC[C@@]2(C(=O)OC)c4ccccc4N(C(=O)OC)[C@@]12CC3. The highest BCUT2D eigenvalue weighted by atomic mass is 16.5. The number of rotatable bonds is 2. The van der Waals surface area contributed by atoms with Crippen molar-refractivity contribution in [1.29, 1.82) is 0 Å². The lowest BCUT2D eigenvalue weighted by Gasteiger charge is -2.60. The third-order valence-corrected chi connectivity index (χ3v) is 8.75. The molecule has 8 heteroatoms. The normalized spacial score (nSPS) is 35.2. The zero-order valence-corrected chi connectivity index (χ0v) is 18.9. The van der Waals surface area contributed by atoms with Gasteiger partial charge in [0.1, 0.15) is 5.41 Å². The van der Waals surface area contributed by atoms with Crippen LogP contribution in [0.5, 0.6) is 0 Å². The van der Waals surface area contributed by atoms with Gasteiger partial charge in [-0.1, -0.05) is 18.2 Å². The fourth-order valence-electron chi connectivity index (χ4n) is 7.54. The Kier molecular flexibility index (Phi) is 4.78. The summed E-state index contributed by atoms with van der Waals surface area (Å²) in [6.07, 6.45) is 3.77. The predicted octanol–water partition coefficient (Wildman–Crippen LogP) is 2.63. The maximum atomic E-state index is 13.8. The van der Waals surface area contributed by atoms with Crippen LogP contribution in [-0.4, -0.2) is 68.4 Å². The molecule has 0 radical (unpaired) electrons. The number of amides is 1. The van der Waals surface area contributed by atoms with Crippen molar-refractivity contribution < 1.29 is 28.6 Å². The van der Waals surface area contributed by atoms with Crippen molar-refractivity contribution in [3.05, 3.63) is 29.8 Å². The molecule has 4 atom stereocenters. The van der Waals surface area contributed by atoms with Crippen LogP contribution in [0, 0.1) is 5.92 Å². The lowest BCUT2D eigenvalue weighted by Crippen LogP contribution is -2.74. The van der Waals surface area contributed by atoms with Crippen LogP contribution in [-0.2, 0) is 29.2 Å². The molecule has 5 aliphatic rings. The minimum Gasteiger partial charge on any atom is -0.469 e. The van der Waals surface area contributed by atoms with E-state index in [2.05, 4.69) is 4.90 Å². The maximum Gasteiger partial charge on any atom is 0.414 e. The van der Waals surface area contributed by atoms with E-state index >= 15 is 0 Å². The summed E-state index contributed by atoms with van der Waals surface area (Å²) in [5.41, 5.74) is -1.12. The smallest absolute Gasteiger partial charge is 0.414 e. The first-order valence-corrected chi connectivity index (χ1v) is 11.3. The largest absolute Gasteiger partial charge is 0.469 e. The van der Waals surface area contributed by atoms with Crippen LogP contribution in [0.3, 0.4) is 0 Å². The predicted molar refractivity (Wildman–Crippen MR) is 115 cm³/mol. The van der Waals surface area contributed by atoms with E-state index in [1.54, 1.807) is 4.90 Å². The van der Waals surface area contributed by atoms with Gasteiger partial charge in [0.2, 0.25) is 0 Å². The van der Waals surface area contributed by atoms with Gasteiger partial charge in [0, 0.05) is 12.1 Å². The van der Waals surface area contributed by atoms with Gasteiger partial charge in [-0.2, -0.15) is 0 Å². The van der Waals surface area contributed by atoms with Crippen LogP contribution in [0.2, 0.25) is 0 Å². The first-order valence-electron chi connectivity index (χ1n) is 11.3. The number of benzene rings is 1. The quantitative estimate of drug-likeness (QED) is 0.514. The molecule has 32 heavy (non-hydrogen) atoms. The standard InChI is InChI=1S/C24H30N2O6/c1-30-19(27)17-15-22-9-6-13-25(22)14-12-23(20(28)31-2)16-7-4-5-8-18(16)26(21(29)32-3)24(17,23)11-10-22/h4-5,7-8,17H,6,9-15H2,1-3H3/t17-,22+,23+,24+/m1/s1. The lowest BCUT2D eigenvalue weighted by atomic mass is 9.51. The van der Waals surface area contributed by atoms with E-state index in [4.69, 9.17) is 14.2 Å². The molecule has 4 heterocycles. The Morgan fingerprint density at radius 3 is 2.44 bits per heavy atom. The lowest BCUT2D eigenvalue weighted by molar-refractivity contribution is -0.165. The van der Waals surface area contributed by atoms with Crippen molar-refractivity contribution in [1.82, 2.24) is 4.90 Å². The second-order valence-corrected chi connectivity index (χ2v) is 9.49. The molecule has 4 aliphatic heterocycles. The van der Waals surface area contributed by atoms with Crippen molar-refractivity contribution in [2.24, 2.45) is 5.92 Å². The minimum absolute atomic E-state index is 0.108. The van der Waals surface area contributed by atoms with Crippen LogP contribution < -0.4 is 4.90 Å². The number of hydrogen-bond acceptors (Lipinski definition) is 7. The number of anilines is 1. The maximum absolute atomic E-state index is 13.8. The zero-order valence-electron chi connectivity index (χ0n) is 18.9. The van der Waals surface area contributed by atoms with Crippen molar-refractivity contribution in [3.63, 3.8) is 0 Å². The molecule has 0 N–H and O–H groups in total. The molecule has 6 rings (SSSR count). The van der Waals surface area contributed by atoms with Crippen molar-refractivity contribution in [2.45, 2.75) is 55.0 Å². The Bertz CT molecular complexity index is 981. The molecule has 172 valence electrons. The van der Waals surface area contributed by atoms with Gasteiger partial charge in [-0.3, -0.25) is 19.4 Å². The van der Waals surface area contributed by atoms with Gasteiger partial charge >= 0.3 is 18.0 Å². The Morgan fingerprint density at radius 1 is 0.938 bits per heavy atom. The van der Waals surface area contributed by atoms with Crippen LogP contribution in [0.25, 0.3) is 0 Å². The molecule has 8 nitrogen and oxygen atoms in total. The molecule has 0 unspecified atom stereocenters. The second kappa shape index (κ2) is 7.20. The molecule has 1 aromatic carbocycles. The molecule has 4 fully saturated rings. The molecule has 3 saturated heterocycles. The van der Waals surface area contributed by atoms with Crippen LogP contribution in [0.4, 0.5) is 10.5 Å². The molecule has 2 spiro atoms. The molecule has 1 amide bonds. The number of para-hydroxylation sites is 1. The third-order valence-electron chi connectivity index (χ3n) is 8.75. The second-order valence-electron chi connectivity index (χ2n) is 9.49. The van der Waals surface area contributed by atoms with Crippen LogP contribution in [0.15, 0.2) is 24.3 Å². The molecule has 1 aliphatic carbocycles. The Morgan fingerprint density at radius 2 is 1.72 bits per heavy atom. The fraction of sp³-hybridized carbons (Fsp3) is 0.625. The minimum atomic E-state index is -1.19. The molecular formula is C24H30N2O6. The van der Waals surface area contributed by atoms with Gasteiger partial charge < -0.3 is 14.2 Å². The highest BCUT2D eigenvalue weighted by Gasteiger charge is 2.75. The average Bonchev–Trinajstić information content (AvgIpc) is 3.30. The summed E-state index contributed by atoms with van der Waals surface area (Å²) in [7, 11) is 4.09. The Hall–Kier alpha value is -2.61. The highest BCUT2D eigenvalue weighted by molar-refractivity contribution is 6.03. The number of fused-ring (bicyclic) bond motifs is 4. The first kappa shape index (κ1) is 21.2. The van der Waals surface area contributed by atoms with Gasteiger partial charge in [-0.25, -0.2) is 4.79 Å². The Labute approximate surface area is 187 Å². The van der Waals surface area contributed by atoms with Crippen molar-refractivity contribution >= 4 is 23.7 Å². The first-order chi connectivity index (χ1) is 15.4. The zero-order chi connectivity index (χ0) is 22.7. The monoisotopic (exact) mass is 442 g/mol. The topological polar surface area (TPSA) is 85.4 Å². The van der Waals surface area contributed by atoms with Gasteiger partial charge in [-0.15, -0.1) is 0 Å². The van der Waals surface area contributed by atoms with E-state index in [1.165, 1.54) is 21.3 Å². The number of hydrogen-bond donors (Lipinski definition) is 0. The molecule has 1 aromatic rings. The number of carbonyl (C=O) groups excluding carboxylic acids is 3. The van der Waals surface area contributed by atoms with E-state index in [9.17, 15) is 14.4 Å². The van der Waals surface area contributed by atoms with E-state index in [-0.39, 0.29) is 5.54 Å². The summed E-state index contributed by atoms with van der Waals surface area (Å²) in [5, 5.41) is 0. The van der Waals surface area contributed by atoms with Crippen molar-refractivity contribution in [3.8, 4) is 0 Å². The summed E-state index contributed by atoms with van der Waals surface area (Å²) in [6, 6.07) is 7.42. The van der Waals surface area contributed by atoms with E-state index in [1.807, 2.05) is 24.3 Å². The third kappa shape index (κ3) is 2.33. The number of carbonyl (C=O) groups is 3. The summed E-state index contributed by atoms with van der Waals surface area (Å²) >= 11 is 0. The average molecular weight is 443 g/mol. The summed E-state index contributed by atoms with van der Waals surface area (Å²) in [4.78, 5) is 44.6. The van der Waals surface area contributed by atoms with Crippen LogP contribution >= 0.6 is 0 Å². The number of nitrogens with zero attached hydrogens (tertiary/aromatic N) is 2. The number of methoxy groups -OCH3 is 3. The molecule has 0 aromatic heterocycles.